The smallest absolute Gasteiger partial charge is 0.283 e. The zero-order chi connectivity index (χ0) is 11.4. The third-order valence-corrected chi connectivity index (χ3v) is 1.79. The normalized spacial score (nSPS) is 9.73. The van der Waals surface area contributed by atoms with Gasteiger partial charge in [-0.1, -0.05) is 12.6 Å². The van der Waals surface area contributed by atoms with Crippen LogP contribution in [-0.4, -0.2) is 11.5 Å². The van der Waals surface area contributed by atoms with Gasteiger partial charge in [0.1, 0.15) is 17.1 Å². The molecule has 0 saturated heterocycles. The Balaban J connectivity index is 3.24. The fourth-order valence-electron chi connectivity index (χ4n) is 1.19. The first-order valence-corrected chi connectivity index (χ1v) is 4.33. The molecule has 1 aromatic carbocycles. The largest absolute Gasteiger partial charge is 0.493 e. The molecule has 0 atom stereocenters. The summed E-state index contributed by atoms with van der Waals surface area (Å²) >= 11 is 0. The molecule has 0 amide bonds. The van der Waals surface area contributed by atoms with Crippen LogP contribution >= 0.6 is 0 Å². The first-order chi connectivity index (χ1) is 7.07. The van der Waals surface area contributed by atoms with E-state index in [1.165, 1.54) is 12.1 Å². The van der Waals surface area contributed by atoms with E-state index in [9.17, 15) is 14.5 Å². The summed E-state index contributed by atoms with van der Waals surface area (Å²) in [5, 5.41) is 10.6. The van der Waals surface area contributed by atoms with Crippen molar-refractivity contribution in [1.29, 1.82) is 0 Å². The Morgan fingerprint density at radius 1 is 1.67 bits per heavy atom. The third kappa shape index (κ3) is 2.31. The maximum absolute atomic E-state index is 13.3. The van der Waals surface area contributed by atoms with Gasteiger partial charge in [0.2, 0.25) is 0 Å². The van der Waals surface area contributed by atoms with Crippen LogP contribution in [0.5, 0.6) is 0 Å². The van der Waals surface area contributed by atoms with Gasteiger partial charge in [0.25, 0.3) is 5.69 Å². The Labute approximate surface area is 86.1 Å². The predicted octanol–water partition coefficient (Wildman–Crippen LogP) is 2.74. The summed E-state index contributed by atoms with van der Waals surface area (Å²) in [7, 11) is 0. The number of nitro benzene ring substituents is 1. The van der Waals surface area contributed by atoms with Gasteiger partial charge in [-0.05, 0) is 13.0 Å². The highest BCUT2D eigenvalue weighted by atomic mass is 19.1. The second-order valence-corrected chi connectivity index (χ2v) is 2.75. The molecule has 0 heterocycles. The van der Waals surface area contributed by atoms with E-state index in [0.717, 1.165) is 6.07 Å². The second kappa shape index (κ2) is 4.54. The Bertz CT molecular complexity index is 404. The van der Waals surface area contributed by atoms with Crippen molar-refractivity contribution in [1.82, 2.24) is 0 Å². The average Bonchev–Trinajstić information content (AvgIpc) is 2.17. The summed E-state index contributed by atoms with van der Waals surface area (Å²) in [5.74, 6) is -0.732. The molecule has 0 spiro atoms. The zero-order valence-electron chi connectivity index (χ0n) is 8.20. The summed E-state index contributed by atoms with van der Waals surface area (Å²) in [4.78, 5) is 9.96. The Morgan fingerprint density at radius 3 is 2.87 bits per heavy atom. The van der Waals surface area contributed by atoms with Crippen molar-refractivity contribution < 1.29 is 14.1 Å². The van der Waals surface area contributed by atoms with Crippen molar-refractivity contribution in [3.63, 3.8) is 0 Å². The van der Waals surface area contributed by atoms with E-state index in [0.29, 0.717) is 0 Å². The van der Waals surface area contributed by atoms with E-state index in [1.807, 2.05) is 0 Å². The Kier molecular flexibility index (Phi) is 3.38. The van der Waals surface area contributed by atoms with E-state index >= 15 is 0 Å². The highest BCUT2D eigenvalue weighted by Gasteiger charge is 2.20. The molecule has 0 aromatic heterocycles. The number of rotatable bonds is 4. The van der Waals surface area contributed by atoms with Crippen LogP contribution in [0.3, 0.4) is 0 Å². The van der Waals surface area contributed by atoms with Crippen LogP contribution in [-0.2, 0) is 4.74 Å². The van der Waals surface area contributed by atoms with Crippen molar-refractivity contribution in [3.8, 4) is 0 Å². The molecule has 1 rings (SSSR count). The fourth-order valence-corrected chi connectivity index (χ4v) is 1.19. The number of halogens is 1. The molecule has 0 radical (unpaired) electrons. The maximum Gasteiger partial charge on any atom is 0.283 e. The molecule has 0 aliphatic rings. The van der Waals surface area contributed by atoms with E-state index in [-0.39, 0.29) is 23.6 Å². The zero-order valence-corrected chi connectivity index (χ0v) is 8.20. The van der Waals surface area contributed by atoms with E-state index in [4.69, 9.17) is 4.74 Å². The fraction of sp³-hybridized carbons (Fsp3) is 0.200. The SMILES string of the molecule is C=C(OCC)c1c(F)cccc1[N+](=O)[O-]. The van der Waals surface area contributed by atoms with Gasteiger partial charge in [-0.3, -0.25) is 10.1 Å². The predicted molar refractivity (Wildman–Crippen MR) is 53.7 cm³/mol. The summed E-state index contributed by atoms with van der Waals surface area (Å²) in [5.41, 5.74) is -0.530. The first kappa shape index (κ1) is 11.2. The number of hydrogen-bond acceptors (Lipinski definition) is 3. The van der Waals surface area contributed by atoms with Gasteiger partial charge in [0, 0.05) is 6.07 Å². The lowest BCUT2D eigenvalue weighted by Gasteiger charge is -2.07. The van der Waals surface area contributed by atoms with Gasteiger partial charge >= 0.3 is 0 Å². The van der Waals surface area contributed by atoms with Crippen LogP contribution in [0, 0.1) is 15.9 Å². The van der Waals surface area contributed by atoms with Gasteiger partial charge in [-0.25, -0.2) is 4.39 Å². The third-order valence-electron chi connectivity index (χ3n) is 1.79. The van der Waals surface area contributed by atoms with E-state index < -0.39 is 10.7 Å². The molecule has 0 aliphatic carbocycles. The number of ether oxygens (including phenoxy) is 1. The molecule has 0 fully saturated rings. The van der Waals surface area contributed by atoms with Gasteiger partial charge in [-0.2, -0.15) is 0 Å². The number of hydrogen-bond donors (Lipinski definition) is 0. The molecular weight excluding hydrogens is 201 g/mol. The van der Waals surface area contributed by atoms with E-state index in [2.05, 4.69) is 6.58 Å². The van der Waals surface area contributed by atoms with Crippen molar-refractivity contribution in [2.24, 2.45) is 0 Å². The van der Waals surface area contributed by atoms with Crippen molar-refractivity contribution in [3.05, 3.63) is 46.3 Å². The van der Waals surface area contributed by atoms with Crippen LogP contribution < -0.4 is 0 Å². The monoisotopic (exact) mass is 211 g/mol. The summed E-state index contributed by atoms with van der Waals surface area (Å²) in [6, 6.07) is 3.62. The first-order valence-electron chi connectivity index (χ1n) is 4.33. The van der Waals surface area contributed by atoms with Crippen molar-refractivity contribution >= 4 is 11.4 Å². The van der Waals surface area contributed by atoms with Crippen LogP contribution in [0.15, 0.2) is 24.8 Å². The van der Waals surface area contributed by atoms with Gasteiger partial charge in [0.15, 0.2) is 0 Å². The molecule has 0 saturated carbocycles. The molecular formula is C10H10FNO3. The molecule has 0 N–H and O–H groups in total. The van der Waals surface area contributed by atoms with Crippen LogP contribution in [0.2, 0.25) is 0 Å². The Morgan fingerprint density at radius 2 is 2.33 bits per heavy atom. The van der Waals surface area contributed by atoms with Crippen LogP contribution in [0.25, 0.3) is 5.76 Å². The number of benzene rings is 1. The summed E-state index contributed by atoms with van der Waals surface area (Å²) < 4.78 is 18.3. The van der Waals surface area contributed by atoms with Crippen LogP contribution in [0.1, 0.15) is 12.5 Å². The van der Waals surface area contributed by atoms with E-state index in [1.54, 1.807) is 6.92 Å². The highest BCUT2D eigenvalue weighted by Crippen LogP contribution is 2.28. The quantitative estimate of drug-likeness (QED) is 0.437. The van der Waals surface area contributed by atoms with Crippen molar-refractivity contribution in [2.75, 3.05) is 6.61 Å². The maximum atomic E-state index is 13.3. The lowest BCUT2D eigenvalue weighted by atomic mass is 10.1. The minimum absolute atomic E-state index is 0.0256. The molecule has 0 unspecified atom stereocenters. The van der Waals surface area contributed by atoms with Gasteiger partial charge < -0.3 is 4.74 Å². The number of nitro groups is 1. The summed E-state index contributed by atoms with van der Waals surface area (Å²) in [6.45, 7) is 5.43. The molecule has 4 nitrogen and oxygen atoms in total. The van der Waals surface area contributed by atoms with Crippen molar-refractivity contribution in [2.45, 2.75) is 6.92 Å². The minimum Gasteiger partial charge on any atom is -0.493 e. The number of nitrogens with zero attached hydrogens (tertiary/aromatic N) is 1. The minimum atomic E-state index is -0.706. The topological polar surface area (TPSA) is 52.4 Å². The standard InChI is InChI=1S/C10H10FNO3/c1-3-15-7(2)10-8(11)5-4-6-9(10)12(13)14/h4-6H,2-3H2,1H3. The van der Waals surface area contributed by atoms with Crippen LogP contribution in [0.4, 0.5) is 10.1 Å². The molecule has 5 heteroatoms. The second-order valence-electron chi connectivity index (χ2n) is 2.75. The lowest BCUT2D eigenvalue weighted by molar-refractivity contribution is -0.385. The molecule has 1 aromatic rings. The molecule has 0 bridgehead atoms. The average molecular weight is 211 g/mol. The Hall–Kier alpha value is -1.91. The lowest BCUT2D eigenvalue weighted by Crippen LogP contribution is -2.00. The van der Waals surface area contributed by atoms with Gasteiger partial charge in [0.05, 0.1) is 11.5 Å². The molecule has 80 valence electrons. The molecule has 0 aliphatic heterocycles. The van der Waals surface area contributed by atoms with Gasteiger partial charge in [-0.15, -0.1) is 0 Å². The molecule has 15 heavy (non-hydrogen) atoms. The highest BCUT2D eigenvalue weighted by molar-refractivity contribution is 5.67. The summed E-state index contributed by atoms with van der Waals surface area (Å²) in [6.07, 6.45) is 0.